The molecular weight excluding hydrogens is 344 g/mol. The molecule has 0 bridgehead atoms. The average molecular weight is 356 g/mol. The molecule has 0 unspecified atom stereocenters. The number of hydrazone groups is 1. The van der Waals surface area contributed by atoms with Gasteiger partial charge in [0.05, 0.1) is 11.2 Å². The molecule has 23 heavy (non-hydrogen) atoms. The van der Waals surface area contributed by atoms with Crippen molar-refractivity contribution in [2.45, 2.75) is 6.61 Å². The molecule has 0 aliphatic heterocycles. The van der Waals surface area contributed by atoms with E-state index < -0.39 is 11.8 Å². The van der Waals surface area contributed by atoms with E-state index in [4.69, 9.17) is 33.7 Å². The number of primary amides is 1. The molecule has 0 aliphatic rings. The van der Waals surface area contributed by atoms with E-state index in [1.165, 1.54) is 24.4 Å². The van der Waals surface area contributed by atoms with Crippen LogP contribution < -0.4 is 15.9 Å². The zero-order valence-corrected chi connectivity index (χ0v) is 13.2. The van der Waals surface area contributed by atoms with Crippen molar-refractivity contribution in [3.8, 4) is 5.75 Å². The topological polar surface area (TPSA) is 76.7 Å². The third kappa shape index (κ3) is 5.12. The van der Waals surface area contributed by atoms with Crippen molar-refractivity contribution in [3.63, 3.8) is 0 Å². The number of carbonyl (C=O) groups is 1. The zero-order chi connectivity index (χ0) is 16.8. The lowest BCUT2D eigenvalue weighted by molar-refractivity contribution is 0.249. The first-order chi connectivity index (χ1) is 11.0. The Hall–Kier alpha value is -2.31. The third-order valence-corrected chi connectivity index (χ3v) is 3.34. The van der Waals surface area contributed by atoms with Gasteiger partial charge in [-0.1, -0.05) is 29.3 Å². The van der Waals surface area contributed by atoms with Crippen molar-refractivity contribution < 1.29 is 13.9 Å². The molecule has 8 heteroatoms. The van der Waals surface area contributed by atoms with Gasteiger partial charge in [-0.2, -0.15) is 5.10 Å². The summed E-state index contributed by atoms with van der Waals surface area (Å²) >= 11 is 11.9. The molecule has 0 fully saturated rings. The second kappa shape index (κ2) is 7.80. The fourth-order valence-electron chi connectivity index (χ4n) is 1.71. The third-order valence-electron chi connectivity index (χ3n) is 2.75. The van der Waals surface area contributed by atoms with Gasteiger partial charge in [0.2, 0.25) is 0 Å². The van der Waals surface area contributed by atoms with E-state index in [2.05, 4.69) is 10.5 Å². The molecule has 0 radical (unpaired) electrons. The van der Waals surface area contributed by atoms with Gasteiger partial charge in [-0.05, 0) is 30.3 Å². The molecule has 0 saturated heterocycles. The number of nitrogens with zero attached hydrogens (tertiary/aromatic N) is 1. The number of benzene rings is 2. The van der Waals surface area contributed by atoms with E-state index in [1.807, 2.05) is 0 Å². The normalized spacial score (nSPS) is 10.7. The van der Waals surface area contributed by atoms with Crippen LogP contribution in [0.1, 0.15) is 11.1 Å². The van der Waals surface area contributed by atoms with E-state index in [1.54, 1.807) is 18.2 Å². The van der Waals surface area contributed by atoms with E-state index in [-0.39, 0.29) is 11.6 Å². The standard InChI is InChI=1S/C15H12Cl2FN3O2/c16-11-2-4-14(10(5-11)7-20-21-15(19)22)23-8-9-1-3-12(18)6-13(9)17/h1-7H,8H2,(H3,19,21,22). The van der Waals surface area contributed by atoms with Gasteiger partial charge in [-0.15, -0.1) is 0 Å². The molecule has 0 aliphatic carbocycles. The van der Waals surface area contributed by atoms with E-state index in [9.17, 15) is 9.18 Å². The van der Waals surface area contributed by atoms with Crippen LogP contribution in [0.2, 0.25) is 10.0 Å². The van der Waals surface area contributed by atoms with Crippen LogP contribution in [0, 0.1) is 5.82 Å². The van der Waals surface area contributed by atoms with Gasteiger partial charge in [0.25, 0.3) is 0 Å². The first-order valence-electron chi connectivity index (χ1n) is 6.40. The smallest absolute Gasteiger partial charge is 0.332 e. The quantitative estimate of drug-likeness (QED) is 0.633. The summed E-state index contributed by atoms with van der Waals surface area (Å²) < 4.78 is 18.7. The van der Waals surface area contributed by atoms with Gasteiger partial charge >= 0.3 is 6.03 Å². The molecular formula is C15H12Cl2FN3O2. The number of halogens is 3. The first kappa shape index (κ1) is 17.1. The minimum absolute atomic E-state index is 0.130. The Labute approximate surface area is 141 Å². The van der Waals surface area contributed by atoms with Gasteiger partial charge in [0.15, 0.2) is 0 Å². The predicted octanol–water partition coefficient (Wildman–Crippen LogP) is 3.71. The first-order valence-corrected chi connectivity index (χ1v) is 7.16. The molecule has 2 amide bonds. The minimum atomic E-state index is -0.788. The number of rotatable bonds is 5. The van der Waals surface area contributed by atoms with Crippen LogP contribution in [0.4, 0.5) is 9.18 Å². The number of urea groups is 1. The van der Waals surface area contributed by atoms with Gasteiger partial charge in [0, 0.05) is 16.1 Å². The van der Waals surface area contributed by atoms with Gasteiger partial charge in [0.1, 0.15) is 18.2 Å². The summed E-state index contributed by atoms with van der Waals surface area (Å²) in [6.45, 7) is 0.130. The van der Waals surface area contributed by atoms with Crippen LogP contribution in [-0.2, 0) is 6.61 Å². The number of ether oxygens (including phenoxy) is 1. The lowest BCUT2D eigenvalue weighted by Gasteiger charge is -2.10. The highest BCUT2D eigenvalue weighted by molar-refractivity contribution is 6.31. The van der Waals surface area contributed by atoms with Crippen molar-refractivity contribution in [1.29, 1.82) is 0 Å². The Bertz CT molecular complexity index is 753. The molecule has 0 spiro atoms. The van der Waals surface area contributed by atoms with Crippen LogP contribution in [0.5, 0.6) is 5.75 Å². The lowest BCUT2D eigenvalue weighted by atomic mass is 10.2. The van der Waals surface area contributed by atoms with Crippen LogP contribution in [0.3, 0.4) is 0 Å². The lowest BCUT2D eigenvalue weighted by Crippen LogP contribution is -2.24. The highest BCUT2D eigenvalue weighted by Crippen LogP contribution is 2.24. The number of nitrogens with one attached hydrogen (secondary N) is 1. The number of nitrogens with two attached hydrogens (primary N) is 1. The summed E-state index contributed by atoms with van der Waals surface area (Å²) in [7, 11) is 0. The summed E-state index contributed by atoms with van der Waals surface area (Å²) in [5.74, 6) is 0.0420. The molecule has 3 N–H and O–H groups in total. The highest BCUT2D eigenvalue weighted by Gasteiger charge is 2.07. The second-order valence-electron chi connectivity index (χ2n) is 4.44. The Morgan fingerprint density at radius 3 is 2.78 bits per heavy atom. The second-order valence-corrected chi connectivity index (χ2v) is 5.28. The summed E-state index contributed by atoms with van der Waals surface area (Å²) in [4.78, 5) is 10.6. The van der Waals surface area contributed by atoms with Gasteiger partial charge in [-0.3, -0.25) is 0 Å². The fourth-order valence-corrected chi connectivity index (χ4v) is 2.11. The molecule has 0 heterocycles. The molecule has 120 valence electrons. The van der Waals surface area contributed by atoms with Crippen molar-refractivity contribution in [2.24, 2.45) is 10.8 Å². The highest BCUT2D eigenvalue weighted by atomic mass is 35.5. The maximum Gasteiger partial charge on any atom is 0.332 e. The molecule has 0 saturated carbocycles. The summed E-state index contributed by atoms with van der Waals surface area (Å²) in [6, 6.07) is 8.15. The Morgan fingerprint density at radius 1 is 1.30 bits per heavy atom. The minimum Gasteiger partial charge on any atom is -0.488 e. The van der Waals surface area contributed by atoms with Crippen molar-refractivity contribution >= 4 is 35.4 Å². The Kier molecular flexibility index (Phi) is 5.78. The van der Waals surface area contributed by atoms with E-state index >= 15 is 0 Å². The molecule has 2 rings (SSSR count). The summed E-state index contributed by atoms with van der Waals surface area (Å²) in [5, 5.41) is 4.40. The largest absolute Gasteiger partial charge is 0.488 e. The van der Waals surface area contributed by atoms with E-state index in [0.29, 0.717) is 21.9 Å². The molecule has 2 aromatic rings. The van der Waals surface area contributed by atoms with Crippen molar-refractivity contribution in [3.05, 3.63) is 63.4 Å². The van der Waals surface area contributed by atoms with Crippen LogP contribution in [-0.4, -0.2) is 12.2 Å². The Balaban J connectivity index is 2.15. The molecule has 0 aromatic heterocycles. The zero-order valence-electron chi connectivity index (χ0n) is 11.7. The van der Waals surface area contributed by atoms with Crippen molar-refractivity contribution in [1.82, 2.24) is 5.43 Å². The summed E-state index contributed by atoms with van der Waals surface area (Å²) in [5.41, 5.74) is 8.16. The van der Waals surface area contributed by atoms with Crippen LogP contribution in [0.15, 0.2) is 41.5 Å². The van der Waals surface area contributed by atoms with Crippen LogP contribution in [0.25, 0.3) is 0 Å². The van der Waals surface area contributed by atoms with Crippen molar-refractivity contribution in [2.75, 3.05) is 0 Å². The monoisotopic (exact) mass is 355 g/mol. The van der Waals surface area contributed by atoms with Crippen LogP contribution >= 0.6 is 23.2 Å². The van der Waals surface area contributed by atoms with E-state index in [0.717, 1.165) is 0 Å². The van der Waals surface area contributed by atoms with Gasteiger partial charge in [-0.25, -0.2) is 14.6 Å². The average Bonchev–Trinajstić information content (AvgIpc) is 2.47. The maximum absolute atomic E-state index is 13.0. The van der Waals surface area contributed by atoms with Gasteiger partial charge < -0.3 is 10.5 Å². The number of amides is 2. The fraction of sp³-hybridized carbons (Fsp3) is 0.0667. The molecule has 2 aromatic carbocycles. The SMILES string of the molecule is NC(=O)NN=Cc1cc(Cl)ccc1OCc1ccc(F)cc1Cl. The number of hydrogen-bond acceptors (Lipinski definition) is 3. The molecule has 5 nitrogen and oxygen atoms in total. The Morgan fingerprint density at radius 2 is 2.09 bits per heavy atom. The number of carbonyl (C=O) groups excluding carboxylic acids is 1. The number of hydrogen-bond donors (Lipinski definition) is 2. The summed E-state index contributed by atoms with van der Waals surface area (Å²) in [6.07, 6.45) is 1.35. The predicted molar refractivity (Wildman–Crippen MR) is 87.5 cm³/mol. The molecule has 0 atom stereocenters. The maximum atomic E-state index is 13.0.